The molecule has 180 valence electrons. The van der Waals surface area contributed by atoms with Gasteiger partial charge < -0.3 is 10.2 Å². The highest BCUT2D eigenvalue weighted by Gasteiger charge is 2.46. The Balaban J connectivity index is 1.62. The molecule has 0 bridgehead atoms. The van der Waals surface area contributed by atoms with Gasteiger partial charge in [-0.15, -0.1) is 0 Å². The van der Waals surface area contributed by atoms with Crippen LogP contribution in [0.15, 0.2) is 36.9 Å². The number of amides is 1. The van der Waals surface area contributed by atoms with Gasteiger partial charge in [0.05, 0.1) is 30.0 Å². The monoisotopic (exact) mass is 473 g/mol. The van der Waals surface area contributed by atoms with Crippen molar-refractivity contribution in [2.45, 2.75) is 38.7 Å². The zero-order valence-electron chi connectivity index (χ0n) is 19.2. The Bertz CT molecular complexity index is 1150. The number of rotatable bonds is 6. The largest absolute Gasteiger partial charge is 0.352 e. The molecule has 0 spiro atoms. The van der Waals surface area contributed by atoms with Gasteiger partial charge in [0.25, 0.3) is 11.8 Å². The van der Waals surface area contributed by atoms with Gasteiger partial charge in [0.2, 0.25) is 5.95 Å². The number of pyridine rings is 1. The Kier molecular flexibility index (Phi) is 6.54. The van der Waals surface area contributed by atoms with Crippen LogP contribution in [-0.2, 0) is 13.5 Å². The van der Waals surface area contributed by atoms with Crippen molar-refractivity contribution in [2.75, 3.05) is 18.4 Å². The van der Waals surface area contributed by atoms with Crippen molar-refractivity contribution in [1.82, 2.24) is 29.6 Å². The van der Waals surface area contributed by atoms with Crippen molar-refractivity contribution in [3.63, 3.8) is 0 Å². The average Bonchev–Trinajstić information content (AvgIpc) is 3.19. The van der Waals surface area contributed by atoms with Crippen LogP contribution >= 0.6 is 0 Å². The summed E-state index contributed by atoms with van der Waals surface area (Å²) in [4.78, 5) is 27.3. The predicted molar refractivity (Wildman–Crippen MR) is 120 cm³/mol. The van der Waals surface area contributed by atoms with E-state index in [1.165, 1.54) is 16.8 Å². The average molecular weight is 474 g/mol. The minimum atomic E-state index is -3.03. The second kappa shape index (κ2) is 9.40. The first-order valence-electron chi connectivity index (χ1n) is 11.1. The predicted octanol–water partition coefficient (Wildman–Crippen LogP) is 3.57. The molecule has 8 nitrogen and oxygen atoms in total. The Morgan fingerprint density at radius 3 is 2.59 bits per heavy atom. The van der Waals surface area contributed by atoms with E-state index in [1.807, 2.05) is 6.92 Å². The van der Waals surface area contributed by atoms with E-state index >= 15 is 0 Å². The van der Waals surface area contributed by atoms with Crippen LogP contribution in [0.2, 0.25) is 0 Å². The normalized spacial score (nSPS) is 19.8. The summed E-state index contributed by atoms with van der Waals surface area (Å²) in [6.45, 7) is 3.16. The molecule has 0 saturated carbocycles. The molecule has 11 heteroatoms. The van der Waals surface area contributed by atoms with Crippen molar-refractivity contribution in [2.24, 2.45) is 13.0 Å². The van der Waals surface area contributed by atoms with E-state index in [2.05, 4.69) is 25.4 Å². The fraction of sp³-hybridized carbons (Fsp3) is 0.435. The van der Waals surface area contributed by atoms with Crippen molar-refractivity contribution in [1.29, 1.82) is 0 Å². The van der Waals surface area contributed by atoms with Crippen LogP contribution in [0.4, 0.5) is 19.1 Å². The smallest absolute Gasteiger partial charge is 0.275 e. The Hall–Kier alpha value is -3.50. The van der Waals surface area contributed by atoms with Gasteiger partial charge in [-0.25, -0.2) is 23.1 Å². The number of anilines is 1. The van der Waals surface area contributed by atoms with Gasteiger partial charge in [0.15, 0.2) is 5.69 Å². The summed E-state index contributed by atoms with van der Waals surface area (Å²) in [5.41, 5.74) is 1.64. The van der Waals surface area contributed by atoms with Crippen LogP contribution in [0.1, 0.15) is 36.3 Å². The van der Waals surface area contributed by atoms with Crippen LogP contribution in [-0.4, -0.2) is 60.6 Å². The maximum atomic E-state index is 14.6. The standard InChI is InChI=1S/C23H26F3N7O/c1-4-15-8-28-22(29-9-15)30-11-19-14(2)7-23(25,26)13-33(19)21(34)20-17(12-32(3)31-20)18-6-5-16(24)10-27-18/h5-6,8-10,12,14,19H,4,7,11,13H2,1-3H3,(H,28,29,30)/t14-,19-/m1/s1. The molecule has 0 aliphatic carbocycles. The second-order valence-corrected chi connectivity index (χ2v) is 8.61. The lowest BCUT2D eigenvalue weighted by atomic mass is 9.88. The summed E-state index contributed by atoms with van der Waals surface area (Å²) in [6, 6.07) is 2.10. The molecule has 0 aromatic carbocycles. The van der Waals surface area contributed by atoms with Crippen molar-refractivity contribution < 1.29 is 18.0 Å². The van der Waals surface area contributed by atoms with Crippen LogP contribution in [0.3, 0.4) is 0 Å². The maximum absolute atomic E-state index is 14.6. The molecule has 3 aromatic rings. The number of nitrogens with one attached hydrogen (secondary N) is 1. The molecule has 4 rings (SSSR count). The lowest BCUT2D eigenvalue weighted by molar-refractivity contribution is -0.0898. The third-order valence-corrected chi connectivity index (χ3v) is 5.96. The molecule has 1 N–H and O–H groups in total. The Morgan fingerprint density at radius 1 is 1.21 bits per heavy atom. The van der Waals surface area contributed by atoms with Crippen LogP contribution in [0.25, 0.3) is 11.3 Å². The molecule has 3 aromatic heterocycles. The first-order valence-corrected chi connectivity index (χ1v) is 11.1. The van der Waals surface area contributed by atoms with Crippen LogP contribution < -0.4 is 5.32 Å². The molecule has 1 saturated heterocycles. The topological polar surface area (TPSA) is 88.8 Å². The number of carbonyl (C=O) groups excluding carboxylic acids is 1. The molecule has 0 radical (unpaired) electrons. The van der Waals surface area contributed by atoms with E-state index < -0.39 is 36.2 Å². The molecule has 1 amide bonds. The van der Waals surface area contributed by atoms with Gasteiger partial charge in [-0.3, -0.25) is 14.5 Å². The molecule has 34 heavy (non-hydrogen) atoms. The number of piperidine rings is 1. The second-order valence-electron chi connectivity index (χ2n) is 8.61. The summed E-state index contributed by atoms with van der Waals surface area (Å²) < 4.78 is 43.9. The number of halogens is 3. The third-order valence-electron chi connectivity index (χ3n) is 5.96. The van der Waals surface area contributed by atoms with E-state index in [9.17, 15) is 18.0 Å². The zero-order valence-corrected chi connectivity index (χ0v) is 19.2. The molecule has 2 atom stereocenters. The highest BCUT2D eigenvalue weighted by molar-refractivity contribution is 5.98. The van der Waals surface area contributed by atoms with E-state index in [1.54, 1.807) is 32.6 Å². The molecule has 0 unspecified atom stereocenters. The Labute approximate surface area is 195 Å². The lowest BCUT2D eigenvalue weighted by Crippen LogP contribution is -2.57. The van der Waals surface area contributed by atoms with Gasteiger partial charge in [0, 0.05) is 38.6 Å². The minimum Gasteiger partial charge on any atom is -0.352 e. The summed E-state index contributed by atoms with van der Waals surface area (Å²) >= 11 is 0. The fourth-order valence-electron chi connectivity index (χ4n) is 4.21. The summed E-state index contributed by atoms with van der Waals surface area (Å²) in [6.07, 6.45) is 6.46. The summed E-state index contributed by atoms with van der Waals surface area (Å²) in [7, 11) is 1.62. The first-order chi connectivity index (χ1) is 16.2. The maximum Gasteiger partial charge on any atom is 0.275 e. The molecule has 4 heterocycles. The number of aryl methyl sites for hydroxylation is 2. The zero-order chi connectivity index (χ0) is 24.5. The number of nitrogens with zero attached hydrogens (tertiary/aromatic N) is 6. The molecule has 1 aliphatic rings. The molecular weight excluding hydrogens is 447 g/mol. The van der Waals surface area contributed by atoms with Crippen LogP contribution in [0.5, 0.6) is 0 Å². The number of hydrogen-bond donors (Lipinski definition) is 1. The van der Waals surface area contributed by atoms with Crippen molar-refractivity contribution in [3.8, 4) is 11.3 Å². The van der Waals surface area contributed by atoms with Gasteiger partial charge in [0.1, 0.15) is 5.82 Å². The van der Waals surface area contributed by atoms with E-state index in [0.29, 0.717) is 17.2 Å². The Morgan fingerprint density at radius 2 is 1.94 bits per heavy atom. The van der Waals surface area contributed by atoms with Gasteiger partial charge >= 0.3 is 0 Å². The van der Waals surface area contributed by atoms with Crippen LogP contribution in [0, 0.1) is 11.7 Å². The van der Waals surface area contributed by atoms with E-state index in [-0.39, 0.29) is 18.7 Å². The summed E-state index contributed by atoms with van der Waals surface area (Å²) in [5, 5.41) is 7.31. The number of hydrogen-bond acceptors (Lipinski definition) is 6. The third kappa shape index (κ3) is 5.02. The van der Waals surface area contributed by atoms with Gasteiger partial charge in [-0.05, 0) is 30.0 Å². The highest BCUT2D eigenvalue weighted by atomic mass is 19.3. The first kappa shape index (κ1) is 23.7. The number of alkyl halides is 2. The SMILES string of the molecule is CCc1cnc(NC[C@@H]2[C@H](C)CC(F)(F)CN2C(=O)c2nn(C)cc2-c2ccc(F)cn2)nc1. The van der Waals surface area contributed by atoms with Gasteiger partial charge in [-0.2, -0.15) is 5.10 Å². The fourth-order valence-corrected chi connectivity index (χ4v) is 4.21. The number of likely N-dealkylation sites (tertiary alicyclic amines) is 1. The van der Waals surface area contributed by atoms with E-state index in [4.69, 9.17) is 0 Å². The molecule has 1 aliphatic heterocycles. The quantitative estimate of drug-likeness (QED) is 0.589. The number of aromatic nitrogens is 5. The lowest BCUT2D eigenvalue weighted by Gasteiger charge is -2.43. The highest BCUT2D eigenvalue weighted by Crippen LogP contribution is 2.36. The number of carbonyl (C=O) groups is 1. The molecular formula is C23H26F3N7O. The van der Waals surface area contributed by atoms with Crippen molar-refractivity contribution in [3.05, 3.63) is 54.0 Å². The van der Waals surface area contributed by atoms with E-state index in [0.717, 1.165) is 23.1 Å². The van der Waals surface area contributed by atoms with Gasteiger partial charge in [-0.1, -0.05) is 13.8 Å². The minimum absolute atomic E-state index is 0.0138. The summed E-state index contributed by atoms with van der Waals surface area (Å²) in [5.74, 6) is -4.32. The van der Waals surface area contributed by atoms with Crippen molar-refractivity contribution >= 4 is 11.9 Å². The molecule has 1 fully saturated rings.